The minimum Gasteiger partial charge on any atom is -0.496 e. The highest BCUT2D eigenvalue weighted by molar-refractivity contribution is 5.93. The summed E-state index contributed by atoms with van der Waals surface area (Å²) in [7, 11) is 1.62. The van der Waals surface area contributed by atoms with Gasteiger partial charge in [-0.05, 0) is 55.5 Å². The average molecular weight is 463 g/mol. The lowest BCUT2D eigenvalue weighted by Crippen LogP contribution is -2.25. The van der Waals surface area contributed by atoms with Gasteiger partial charge in [0.05, 0.1) is 18.8 Å². The quantitative estimate of drug-likeness (QED) is 0.483. The Kier molecular flexibility index (Phi) is 6.07. The van der Waals surface area contributed by atoms with E-state index < -0.39 is 5.97 Å². The highest BCUT2D eigenvalue weighted by Crippen LogP contribution is 2.38. The van der Waals surface area contributed by atoms with E-state index in [4.69, 9.17) is 18.9 Å². The Balaban J connectivity index is 1.34. The molecule has 0 saturated heterocycles. The fourth-order valence-corrected chi connectivity index (χ4v) is 3.93. The molecule has 0 amide bonds. The standard InChI is InChI=1S/C25H25N3O6/c1-31-19-13-21-20(32-14-33-21)12-15(19)8-10-26-22-9-11-27-24(28-22)17-6-3-7-18(25(29)30)23(17)34-16-4-2-5-16/h3,6-7,9,11-13,16H,2,4-5,8,10,14H2,1H3,(H,29,30)(H,26,27,28). The van der Waals surface area contributed by atoms with E-state index in [2.05, 4.69) is 15.3 Å². The number of rotatable bonds is 9. The normalized spacial score (nSPS) is 14.4. The van der Waals surface area contributed by atoms with Crippen molar-refractivity contribution in [2.24, 2.45) is 0 Å². The molecule has 34 heavy (non-hydrogen) atoms. The molecule has 176 valence electrons. The van der Waals surface area contributed by atoms with Crippen molar-refractivity contribution in [2.45, 2.75) is 31.8 Å². The molecule has 2 aliphatic rings. The van der Waals surface area contributed by atoms with Crippen LogP contribution in [-0.4, -0.2) is 47.6 Å². The molecule has 0 radical (unpaired) electrons. The maximum atomic E-state index is 11.8. The fourth-order valence-electron chi connectivity index (χ4n) is 3.93. The molecule has 1 fully saturated rings. The molecule has 1 aromatic heterocycles. The molecule has 0 bridgehead atoms. The summed E-state index contributed by atoms with van der Waals surface area (Å²) in [4.78, 5) is 20.8. The third kappa shape index (κ3) is 4.41. The van der Waals surface area contributed by atoms with Gasteiger partial charge in [0.1, 0.15) is 22.9 Å². The second-order valence-electron chi connectivity index (χ2n) is 8.12. The van der Waals surface area contributed by atoms with Crippen molar-refractivity contribution in [3.05, 3.63) is 53.7 Å². The van der Waals surface area contributed by atoms with Gasteiger partial charge in [-0.15, -0.1) is 0 Å². The number of aromatic carboxylic acids is 1. The predicted octanol–water partition coefficient (Wildman–Crippen LogP) is 4.17. The van der Waals surface area contributed by atoms with Gasteiger partial charge in [-0.25, -0.2) is 14.8 Å². The first-order valence-corrected chi connectivity index (χ1v) is 11.2. The maximum Gasteiger partial charge on any atom is 0.339 e. The van der Waals surface area contributed by atoms with Crippen LogP contribution in [0.2, 0.25) is 0 Å². The summed E-state index contributed by atoms with van der Waals surface area (Å²) in [6, 6.07) is 10.5. The highest BCUT2D eigenvalue weighted by Gasteiger charge is 2.25. The Morgan fingerprint density at radius 2 is 2.03 bits per heavy atom. The van der Waals surface area contributed by atoms with E-state index in [1.54, 1.807) is 37.6 Å². The number of carboxylic acids is 1. The summed E-state index contributed by atoms with van der Waals surface area (Å²) < 4.78 is 22.4. The van der Waals surface area contributed by atoms with Crippen LogP contribution in [0.15, 0.2) is 42.6 Å². The summed E-state index contributed by atoms with van der Waals surface area (Å²) in [5.41, 5.74) is 1.66. The number of nitrogens with zero attached hydrogens (tertiary/aromatic N) is 2. The zero-order chi connectivity index (χ0) is 23.5. The van der Waals surface area contributed by atoms with Crippen LogP contribution in [-0.2, 0) is 6.42 Å². The second kappa shape index (κ2) is 9.46. The molecule has 0 atom stereocenters. The van der Waals surface area contributed by atoms with Crippen LogP contribution in [0.3, 0.4) is 0 Å². The lowest BCUT2D eigenvalue weighted by molar-refractivity contribution is 0.0680. The van der Waals surface area contributed by atoms with Crippen LogP contribution in [0, 0.1) is 0 Å². The first kappa shape index (κ1) is 21.8. The SMILES string of the molecule is COc1cc2c(cc1CCNc1ccnc(-c3cccc(C(=O)O)c3OC3CCC3)n1)OCO2. The Morgan fingerprint density at radius 1 is 1.21 bits per heavy atom. The Labute approximate surface area is 196 Å². The van der Waals surface area contributed by atoms with Gasteiger partial charge in [-0.1, -0.05) is 6.07 Å². The largest absolute Gasteiger partial charge is 0.496 e. The molecule has 0 unspecified atom stereocenters. The van der Waals surface area contributed by atoms with Crippen LogP contribution in [0.5, 0.6) is 23.0 Å². The zero-order valence-corrected chi connectivity index (χ0v) is 18.7. The zero-order valence-electron chi connectivity index (χ0n) is 18.7. The van der Waals surface area contributed by atoms with E-state index >= 15 is 0 Å². The Hall–Kier alpha value is -4.01. The summed E-state index contributed by atoms with van der Waals surface area (Å²) in [5, 5.41) is 13.0. The van der Waals surface area contributed by atoms with Crippen molar-refractivity contribution < 1.29 is 28.8 Å². The third-order valence-corrected chi connectivity index (χ3v) is 5.95. The molecule has 1 aliphatic carbocycles. The number of carboxylic acid groups (broad SMARTS) is 1. The molecular weight excluding hydrogens is 438 g/mol. The van der Waals surface area contributed by atoms with Gasteiger partial charge in [0, 0.05) is 18.8 Å². The molecular formula is C25H25N3O6. The number of hydrogen-bond donors (Lipinski definition) is 2. The second-order valence-corrected chi connectivity index (χ2v) is 8.12. The number of ether oxygens (including phenoxy) is 4. The number of anilines is 1. The molecule has 1 saturated carbocycles. The Bertz CT molecular complexity index is 1210. The molecule has 9 nitrogen and oxygen atoms in total. The number of hydrogen-bond acceptors (Lipinski definition) is 8. The number of benzene rings is 2. The van der Waals surface area contributed by atoms with Gasteiger partial charge in [-0.2, -0.15) is 0 Å². The summed E-state index contributed by atoms with van der Waals surface area (Å²) in [6.45, 7) is 0.798. The van der Waals surface area contributed by atoms with Crippen molar-refractivity contribution in [1.29, 1.82) is 0 Å². The van der Waals surface area contributed by atoms with Crippen molar-refractivity contribution in [3.8, 4) is 34.4 Å². The monoisotopic (exact) mass is 463 g/mol. The van der Waals surface area contributed by atoms with Crippen molar-refractivity contribution in [1.82, 2.24) is 9.97 Å². The topological polar surface area (TPSA) is 112 Å². The number of carbonyl (C=O) groups is 1. The van der Waals surface area contributed by atoms with Gasteiger partial charge >= 0.3 is 5.97 Å². The molecule has 2 aromatic carbocycles. The molecule has 5 rings (SSSR count). The number of methoxy groups -OCH3 is 1. The fraction of sp³-hybridized carbons (Fsp3) is 0.320. The van der Waals surface area contributed by atoms with Gasteiger partial charge in [0.25, 0.3) is 0 Å². The van der Waals surface area contributed by atoms with E-state index in [0.29, 0.717) is 47.4 Å². The smallest absolute Gasteiger partial charge is 0.339 e. The first-order chi connectivity index (χ1) is 16.6. The van der Waals surface area contributed by atoms with Gasteiger partial charge < -0.3 is 29.4 Å². The van der Waals surface area contributed by atoms with E-state index in [1.807, 2.05) is 12.1 Å². The van der Waals surface area contributed by atoms with E-state index in [9.17, 15) is 9.90 Å². The minimum absolute atomic E-state index is 0.0252. The Morgan fingerprint density at radius 3 is 2.76 bits per heavy atom. The van der Waals surface area contributed by atoms with Crippen LogP contribution in [0.1, 0.15) is 35.2 Å². The van der Waals surface area contributed by atoms with Gasteiger partial charge in [-0.3, -0.25) is 0 Å². The lowest BCUT2D eigenvalue weighted by Gasteiger charge is -2.28. The van der Waals surface area contributed by atoms with E-state index in [0.717, 1.165) is 30.6 Å². The average Bonchev–Trinajstić information content (AvgIpc) is 3.28. The van der Waals surface area contributed by atoms with Crippen LogP contribution in [0.25, 0.3) is 11.4 Å². The molecule has 1 aliphatic heterocycles. The summed E-state index contributed by atoms with van der Waals surface area (Å²) in [6.07, 6.45) is 5.26. The number of fused-ring (bicyclic) bond motifs is 1. The third-order valence-electron chi connectivity index (χ3n) is 5.95. The van der Waals surface area contributed by atoms with Crippen LogP contribution in [0.4, 0.5) is 5.82 Å². The molecule has 9 heteroatoms. The number of para-hydroxylation sites is 1. The molecule has 0 spiro atoms. The first-order valence-electron chi connectivity index (χ1n) is 11.2. The molecule has 3 aromatic rings. The van der Waals surface area contributed by atoms with Crippen LogP contribution >= 0.6 is 0 Å². The number of nitrogens with one attached hydrogen (secondary N) is 1. The summed E-state index contributed by atoms with van der Waals surface area (Å²) in [5.74, 6) is 2.43. The highest BCUT2D eigenvalue weighted by atomic mass is 16.7. The van der Waals surface area contributed by atoms with Crippen LogP contribution < -0.4 is 24.3 Å². The van der Waals surface area contributed by atoms with Gasteiger partial charge in [0.2, 0.25) is 6.79 Å². The molecule has 2 heterocycles. The van der Waals surface area contributed by atoms with E-state index in [-0.39, 0.29) is 18.5 Å². The van der Waals surface area contributed by atoms with Crippen molar-refractivity contribution in [2.75, 3.05) is 25.8 Å². The lowest BCUT2D eigenvalue weighted by atomic mass is 9.96. The van der Waals surface area contributed by atoms with Gasteiger partial charge in [0.15, 0.2) is 17.3 Å². The maximum absolute atomic E-state index is 11.8. The summed E-state index contributed by atoms with van der Waals surface area (Å²) >= 11 is 0. The minimum atomic E-state index is -1.04. The van der Waals surface area contributed by atoms with Crippen molar-refractivity contribution >= 4 is 11.8 Å². The van der Waals surface area contributed by atoms with E-state index in [1.165, 1.54) is 0 Å². The van der Waals surface area contributed by atoms with Crippen molar-refractivity contribution in [3.63, 3.8) is 0 Å². The molecule has 2 N–H and O–H groups in total. The predicted molar refractivity (Wildman–Crippen MR) is 124 cm³/mol. The number of aromatic nitrogens is 2.